The molecule has 0 bridgehead atoms. The molecule has 0 aliphatic rings. The first kappa shape index (κ1) is 16.0. The maximum atomic E-state index is 4.05. The minimum Gasteiger partial charge on any atom is -0.369 e. The fourth-order valence-electron chi connectivity index (χ4n) is 2.25. The largest absolute Gasteiger partial charge is 0.369 e. The van der Waals surface area contributed by atoms with E-state index in [1.807, 2.05) is 37.5 Å². The second-order valence-corrected chi connectivity index (χ2v) is 4.79. The van der Waals surface area contributed by atoms with Gasteiger partial charge in [0.1, 0.15) is 12.7 Å². The SMILES string of the molecule is Cc1ccc(-c2[c-]nccc2)[c-]c1-c1cccc[n+]1C.[Y]. The molecular weight excluding hydrogens is 333 g/mol. The third kappa shape index (κ3) is 3.45. The number of benzene rings is 1. The van der Waals surface area contributed by atoms with E-state index in [0.29, 0.717) is 0 Å². The number of hydrogen-bond acceptors (Lipinski definition) is 1. The summed E-state index contributed by atoms with van der Waals surface area (Å²) >= 11 is 0. The molecule has 1 radical (unpaired) electrons. The number of aryl methyl sites for hydroxylation is 2. The van der Waals surface area contributed by atoms with Gasteiger partial charge in [0.05, 0.1) is 0 Å². The summed E-state index contributed by atoms with van der Waals surface area (Å²) in [7, 11) is 2.05. The van der Waals surface area contributed by atoms with E-state index in [1.54, 1.807) is 6.20 Å². The van der Waals surface area contributed by atoms with Gasteiger partial charge in [-0.05, 0) is 6.07 Å². The molecule has 0 spiro atoms. The van der Waals surface area contributed by atoms with Crippen LogP contribution in [0.5, 0.6) is 0 Å². The summed E-state index contributed by atoms with van der Waals surface area (Å²) in [6.07, 6.45) is 6.79. The molecule has 0 amide bonds. The van der Waals surface area contributed by atoms with E-state index < -0.39 is 0 Å². The van der Waals surface area contributed by atoms with Crippen molar-refractivity contribution in [1.82, 2.24) is 4.98 Å². The molecule has 0 aliphatic carbocycles. The van der Waals surface area contributed by atoms with Crippen molar-refractivity contribution in [3.63, 3.8) is 0 Å². The normalized spacial score (nSPS) is 10.0. The Balaban J connectivity index is 0.00000161. The average molecular weight is 348 g/mol. The van der Waals surface area contributed by atoms with Gasteiger partial charge in [-0.1, -0.05) is 30.9 Å². The van der Waals surface area contributed by atoms with Crippen LogP contribution in [0.25, 0.3) is 22.4 Å². The fourth-order valence-corrected chi connectivity index (χ4v) is 2.25. The van der Waals surface area contributed by atoms with E-state index in [0.717, 1.165) is 22.4 Å². The van der Waals surface area contributed by atoms with Crippen molar-refractivity contribution >= 4 is 0 Å². The van der Waals surface area contributed by atoms with Crippen LogP contribution in [0.4, 0.5) is 0 Å². The Morgan fingerprint density at radius 2 is 1.86 bits per heavy atom. The van der Waals surface area contributed by atoms with E-state index in [4.69, 9.17) is 0 Å². The van der Waals surface area contributed by atoms with Gasteiger partial charge in [-0.15, -0.1) is 17.7 Å². The van der Waals surface area contributed by atoms with Crippen LogP contribution in [0.3, 0.4) is 0 Å². The molecule has 0 saturated carbocycles. The van der Waals surface area contributed by atoms with Crippen molar-refractivity contribution < 1.29 is 37.3 Å². The zero-order valence-electron chi connectivity index (χ0n) is 12.2. The first-order chi connectivity index (χ1) is 9.75. The van der Waals surface area contributed by atoms with Crippen LogP contribution in [0.15, 0.2) is 54.9 Å². The van der Waals surface area contributed by atoms with Crippen molar-refractivity contribution in [2.75, 3.05) is 0 Å². The Bertz CT molecular complexity index is 739. The van der Waals surface area contributed by atoms with Crippen LogP contribution in [0.2, 0.25) is 0 Å². The Labute approximate surface area is 150 Å². The number of nitrogens with zero attached hydrogens (tertiary/aromatic N) is 2. The van der Waals surface area contributed by atoms with Crippen molar-refractivity contribution in [3.8, 4) is 22.4 Å². The van der Waals surface area contributed by atoms with Crippen molar-refractivity contribution in [2.24, 2.45) is 7.05 Å². The van der Waals surface area contributed by atoms with E-state index in [1.165, 1.54) is 5.56 Å². The minimum atomic E-state index is 0. The van der Waals surface area contributed by atoms with Gasteiger partial charge in [0.15, 0.2) is 6.20 Å². The summed E-state index contributed by atoms with van der Waals surface area (Å²) in [5.74, 6) is 0. The number of rotatable bonds is 2. The fraction of sp³-hybridized carbons (Fsp3) is 0.111. The number of hydrogen-bond donors (Lipinski definition) is 0. The predicted octanol–water partition coefficient (Wildman–Crippen LogP) is 3.15. The molecule has 0 aliphatic heterocycles. The Morgan fingerprint density at radius 3 is 2.57 bits per heavy atom. The molecule has 2 aromatic heterocycles. The molecule has 0 fully saturated rings. The molecule has 0 atom stereocenters. The van der Waals surface area contributed by atoms with Gasteiger partial charge in [0, 0.05) is 38.8 Å². The van der Waals surface area contributed by atoms with Gasteiger partial charge in [0.25, 0.3) is 0 Å². The van der Waals surface area contributed by atoms with E-state index in [2.05, 4.69) is 46.9 Å². The molecule has 1 aromatic carbocycles. The maximum Gasteiger partial charge on any atom is 0.161 e. The molecule has 3 aromatic rings. The number of pyridine rings is 2. The van der Waals surface area contributed by atoms with Crippen LogP contribution in [0.1, 0.15) is 5.56 Å². The molecule has 3 heteroatoms. The van der Waals surface area contributed by atoms with Crippen molar-refractivity contribution in [2.45, 2.75) is 6.92 Å². The van der Waals surface area contributed by atoms with Crippen LogP contribution in [-0.2, 0) is 39.8 Å². The molecule has 3 rings (SSSR count). The Morgan fingerprint density at radius 1 is 1.00 bits per heavy atom. The third-order valence-electron chi connectivity index (χ3n) is 3.36. The van der Waals surface area contributed by atoms with Gasteiger partial charge >= 0.3 is 0 Å². The summed E-state index contributed by atoms with van der Waals surface area (Å²) in [5.41, 5.74) is 5.45. The van der Waals surface area contributed by atoms with E-state index >= 15 is 0 Å². The monoisotopic (exact) mass is 348 g/mol. The van der Waals surface area contributed by atoms with Crippen molar-refractivity contribution in [3.05, 3.63) is 72.7 Å². The number of aromatic nitrogens is 2. The van der Waals surface area contributed by atoms with Crippen molar-refractivity contribution in [1.29, 1.82) is 0 Å². The maximum absolute atomic E-state index is 4.05. The molecule has 101 valence electrons. The first-order valence-electron chi connectivity index (χ1n) is 6.57. The molecule has 2 heterocycles. The average Bonchev–Trinajstić information content (AvgIpc) is 2.49. The quantitative estimate of drug-likeness (QED) is 0.514. The summed E-state index contributed by atoms with van der Waals surface area (Å²) in [4.78, 5) is 4.05. The molecular formula is C18H15N2Y-. The second-order valence-electron chi connectivity index (χ2n) is 4.79. The van der Waals surface area contributed by atoms with Crippen LogP contribution in [-0.4, -0.2) is 4.98 Å². The second kappa shape index (κ2) is 7.06. The molecule has 0 saturated heterocycles. The predicted molar refractivity (Wildman–Crippen MR) is 78.7 cm³/mol. The Kier molecular flexibility index (Phi) is 5.38. The molecule has 21 heavy (non-hydrogen) atoms. The summed E-state index contributed by atoms with van der Waals surface area (Å²) in [6, 6.07) is 17.8. The van der Waals surface area contributed by atoms with Gasteiger partial charge in [-0.2, -0.15) is 29.3 Å². The van der Waals surface area contributed by atoms with Crippen LogP contribution < -0.4 is 4.57 Å². The zero-order chi connectivity index (χ0) is 13.9. The first-order valence-corrected chi connectivity index (χ1v) is 6.57. The topological polar surface area (TPSA) is 16.8 Å². The van der Waals surface area contributed by atoms with E-state index in [9.17, 15) is 0 Å². The standard InChI is InChI=1S/C18H15N2.Y/c1-14-8-9-15(16-6-5-10-19-13-16)12-17(14)18-7-3-4-11-20(18)2;/h3-11H,1-2H3;/q-1;. The molecule has 0 unspecified atom stereocenters. The smallest absolute Gasteiger partial charge is 0.161 e. The summed E-state index contributed by atoms with van der Waals surface area (Å²) < 4.78 is 2.11. The van der Waals surface area contributed by atoms with Gasteiger partial charge in [0.2, 0.25) is 0 Å². The molecule has 2 nitrogen and oxygen atoms in total. The van der Waals surface area contributed by atoms with Gasteiger partial charge < -0.3 is 4.98 Å². The minimum absolute atomic E-state index is 0. The third-order valence-corrected chi connectivity index (χ3v) is 3.36. The summed E-state index contributed by atoms with van der Waals surface area (Å²) in [5, 5.41) is 0. The van der Waals surface area contributed by atoms with Gasteiger partial charge in [-0.3, -0.25) is 0 Å². The van der Waals surface area contributed by atoms with Crippen LogP contribution >= 0.6 is 0 Å². The zero-order valence-corrected chi connectivity index (χ0v) is 15.0. The summed E-state index contributed by atoms with van der Waals surface area (Å²) in [6.45, 7) is 2.11. The van der Waals surface area contributed by atoms with E-state index in [-0.39, 0.29) is 32.7 Å². The Hall–Kier alpha value is -1.38. The van der Waals surface area contributed by atoms with Crippen LogP contribution in [0, 0.1) is 19.2 Å². The van der Waals surface area contributed by atoms with Gasteiger partial charge in [-0.25, -0.2) is 4.57 Å². The molecule has 0 N–H and O–H groups in total.